The number of benzene rings is 2. The lowest BCUT2D eigenvalue weighted by Crippen LogP contribution is -2.09. The number of nitrogens with two attached hydrogens (primary N) is 1. The molecule has 24 heavy (non-hydrogen) atoms. The Morgan fingerprint density at radius 2 is 1.83 bits per heavy atom. The summed E-state index contributed by atoms with van der Waals surface area (Å²) in [6.45, 7) is 0. The topological polar surface area (TPSA) is 51.3 Å². The van der Waals surface area contributed by atoms with Gasteiger partial charge < -0.3 is 5.84 Å². The van der Waals surface area contributed by atoms with Crippen molar-refractivity contribution in [2.24, 2.45) is 10.9 Å². The fourth-order valence-electron chi connectivity index (χ4n) is 2.73. The molecule has 0 saturated heterocycles. The van der Waals surface area contributed by atoms with Crippen LogP contribution in [0.3, 0.4) is 0 Å². The number of hydrogen-bond acceptors (Lipinski definition) is 3. The van der Waals surface area contributed by atoms with Gasteiger partial charge in [0.05, 0.1) is 11.1 Å². The van der Waals surface area contributed by atoms with Crippen molar-refractivity contribution >= 4 is 17.1 Å². The lowest BCUT2D eigenvalue weighted by atomic mass is 9.89. The first-order valence-electron chi connectivity index (χ1n) is 7.25. The molecule has 0 aliphatic heterocycles. The van der Waals surface area contributed by atoms with Crippen molar-refractivity contribution in [1.82, 2.24) is 4.98 Å². The highest BCUT2D eigenvalue weighted by Gasteiger charge is 2.31. The van der Waals surface area contributed by atoms with Crippen molar-refractivity contribution in [1.29, 1.82) is 0 Å². The summed E-state index contributed by atoms with van der Waals surface area (Å²) in [4.78, 5) is 4.28. The standard InChI is InChI=1S/C18H14F3N3/c19-18(20,21)13-5-3-4-12(10-13)16(11-24-22)14-8-9-23-17-7-2-1-6-15(14)17/h1-11,16H,22H2. The summed E-state index contributed by atoms with van der Waals surface area (Å²) in [5.74, 6) is 4.81. The first-order valence-corrected chi connectivity index (χ1v) is 7.25. The number of pyridine rings is 1. The van der Waals surface area contributed by atoms with Crippen molar-refractivity contribution < 1.29 is 13.2 Å². The maximum absolute atomic E-state index is 13.0. The molecule has 0 aliphatic rings. The Balaban J connectivity index is 2.17. The predicted octanol–water partition coefficient (Wildman–Crippen LogP) is 4.33. The summed E-state index contributed by atoms with van der Waals surface area (Å²) in [6, 6.07) is 14.4. The molecule has 1 heterocycles. The number of hydrazone groups is 1. The monoisotopic (exact) mass is 329 g/mol. The molecule has 0 fully saturated rings. The molecule has 0 aliphatic carbocycles. The van der Waals surface area contributed by atoms with Crippen molar-refractivity contribution in [3.05, 3.63) is 77.5 Å². The molecule has 1 aromatic heterocycles. The van der Waals surface area contributed by atoms with Gasteiger partial charge in [-0.15, -0.1) is 0 Å². The highest BCUT2D eigenvalue weighted by Crippen LogP contribution is 2.34. The van der Waals surface area contributed by atoms with Gasteiger partial charge in [0.1, 0.15) is 0 Å². The van der Waals surface area contributed by atoms with Crippen LogP contribution in [-0.4, -0.2) is 11.2 Å². The van der Waals surface area contributed by atoms with E-state index in [2.05, 4.69) is 10.1 Å². The molecular weight excluding hydrogens is 315 g/mol. The van der Waals surface area contributed by atoms with Gasteiger partial charge in [-0.1, -0.05) is 36.4 Å². The molecule has 6 heteroatoms. The zero-order valence-corrected chi connectivity index (χ0v) is 12.5. The zero-order chi connectivity index (χ0) is 17.2. The van der Waals surface area contributed by atoms with Crippen molar-refractivity contribution in [3.8, 4) is 0 Å². The van der Waals surface area contributed by atoms with Crippen molar-refractivity contribution in [2.75, 3.05) is 0 Å². The average molecular weight is 329 g/mol. The van der Waals surface area contributed by atoms with Crippen LogP contribution >= 0.6 is 0 Å². The molecule has 0 saturated carbocycles. The Kier molecular flexibility index (Phi) is 4.20. The molecular formula is C18H14F3N3. The molecule has 1 unspecified atom stereocenters. The van der Waals surface area contributed by atoms with Crippen LogP contribution in [0.2, 0.25) is 0 Å². The van der Waals surface area contributed by atoms with Crippen molar-refractivity contribution in [3.63, 3.8) is 0 Å². The fourth-order valence-corrected chi connectivity index (χ4v) is 2.73. The van der Waals surface area contributed by atoms with Crippen LogP contribution < -0.4 is 5.84 Å². The number of alkyl halides is 3. The van der Waals surface area contributed by atoms with E-state index in [0.29, 0.717) is 5.56 Å². The van der Waals surface area contributed by atoms with Crippen LogP contribution in [0.1, 0.15) is 22.6 Å². The van der Waals surface area contributed by atoms with E-state index in [1.807, 2.05) is 24.3 Å². The average Bonchev–Trinajstić information content (AvgIpc) is 2.59. The van der Waals surface area contributed by atoms with E-state index >= 15 is 0 Å². The Morgan fingerprint density at radius 1 is 1.04 bits per heavy atom. The van der Waals surface area contributed by atoms with Gasteiger partial charge in [0.25, 0.3) is 0 Å². The van der Waals surface area contributed by atoms with E-state index in [9.17, 15) is 13.2 Å². The van der Waals surface area contributed by atoms with Crippen LogP contribution in [0, 0.1) is 0 Å². The van der Waals surface area contributed by atoms with Crippen LogP contribution in [0.15, 0.2) is 65.9 Å². The molecule has 1 atom stereocenters. The molecule has 3 aromatic rings. The van der Waals surface area contributed by atoms with Gasteiger partial charge >= 0.3 is 6.18 Å². The Morgan fingerprint density at radius 3 is 2.58 bits per heavy atom. The van der Waals surface area contributed by atoms with E-state index in [-0.39, 0.29) is 0 Å². The third-order valence-electron chi connectivity index (χ3n) is 3.83. The molecule has 0 amide bonds. The van der Waals surface area contributed by atoms with E-state index in [1.165, 1.54) is 12.3 Å². The van der Waals surface area contributed by atoms with Gasteiger partial charge in [-0.05, 0) is 29.3 Å². The summed E-state index contributed by atoms with van der Waals surface area (Å²) >= 11 is 0. The minimum absolute atomic E-state index is 0.468. The first-order chi connectivity index (χ1) is 11.5. The lowest BCUT2D eigenvalue weighted by Gasteiger charge is -2.17. The third-order valence-corrected chi connectivity index (χ3v) is 3.83. The molecule has 0 bridgehead atoms. The molecule has 2 aromatic carbocycles. The minimum atomic E-state index is -4.40. The SMILES string of the molecule is NN=CC(c1cccc(C(F)(F)F)c1)c1ccnc2ccccc12. The number of aromatic nitrogens is 1. The highest BCUT2D eigenvalue weighted by molar-refractivity contribution is 5.87. The summed E-state index contributed by atoms with van der Waals surface area (Å²) < 4.78 is 39.0. The minimum Gasteiger partial charge on any atom is -0.324 e. The molecule has 122 valence electrons. The second kappa shape index (κ2) is 6.31. The van der Waals surface area contributed by atoms with Gasteiger partial charge in [-0.25, -0.2) is 0 Å². The Labute approximate surface area is 136 Å². The zero-order valence-electron chi connectivity index (χ0n) is 12.5. The highest BCUT2D eigenvalue weighted by atomic mass is 19.4. The smallest absolute Gasteiger partial charge is 0.324 e. The summed E-state index contributed by atoms with van der Waals surface area (Å²) in [5, 5.41) is 4.41. The van der Waals surface area contributed by atoms with Gasteiger partial charge in [0.2, 0.25) is 0 Å². The van der Waals surface area contributed by atoms with Crippen LogP contribution in [-0.2, 0) is 6.18 Å². The second-order valence-electron chi connectivity index (χ2n) is 5.32. The number of nitrogens with zero attached hydrogens (tertiary/aromatic N) is 2. The number of fused-ring (bicyclic) bond motifs is 1. The first kappa shape index (κ1) is 16.0. The van der Waals surface area contributed by atoms with E-state index in [4.69, 9.17) is 5.84 Å². The van der Waals surface area contributed by atoms with Crippen LogP contribution in [0.25, 0.3) is 10.9 Å². The summed E-state index contributed by atoms with van der Waals surface area (Å²) in [5.41, 5.74) is 1.33. The van der Waals surface area contributed by atoms with Gasteiger partial charge in [0, 0.05) is 23.7 Å². The molecule has 2 N–H and O–H groups in total. The normalized spacial score (nSPS) is 13.5. The Hall–Kier alpha value is -2.89. The largest absolute Gasteiger partial charge is 0.416 e. The van der Waals surface area contributed by atoms with Crippen LogP contribution in [0.5, 0.6) is 0 Å². The summed E-state index contributed by atoms with van der Waals surface area (Å²) in [6.07, 6.45) is -1.33. The van der Waals surface area contributed by atoms with E-state index in [0.717, 1.165) is 28.6 Å². The fraction of sp³-hybridized carbons (Fsp3) is 0.111. The quantitative estimate of drug-likeness (QED) is 0.442. The second-order valence-corrected chi connectivity index (χ2v) is 5.32. The maximum atomic E-state index is 13.0. The van der Waals surface area contributed by atoms with Crippen LogP contribution in [0.4, 0.5) is 13.2 Å². The summed E-state index contributed by atoms with van der Waals surface area (Å²) in [7, 11) is 0. The number of hydrogen-bond donors (Lipinski definition) is 1. The molecule has 3 nitrogen and oxygen atoms in total. The number of halogens is 3. The lowest BCUT2D eigenvalue weighted by molar-refractivity contribution is -0.137. The molecule has 3 rings (SSSR count). The number of rotatable bonds is 3. The van der Waals surface area contributed by atoms with Gasteiger partial charge in [0.15, 0.2) is 0 Å². The molecule has 0 spiro atoms. The van der Waals surface area contributed by atoms with Gasteiger partial charge in [-0.3, -0.25) is 4.98 Å². The Bertz CT molecular complexity index is 883. The van der Waals surface area contributed by atoms with Gasteiger partial charge in [-0.2, -0.15) is 18.3 Å². The van der Waals surface area contributed by atoms with Crippen molar-refractivity contribution in [2.45, 2.75) is 12.1 Å². The van der Waals surface area contributed by atoms with E-state index < -0.39 is 17.7 Å². The van der Waals surface area contributed by atoms with E-state index in [1.54, 1.807) is 18.3 Å². The number of para-hydroxylation sites is 1. The predicted molar refractivity (Wildman–Crippen MR) is 87.7 cm³/mol. The molecule has 0 radical (unpaired) electrons. The maximum Gasteiger partial charge on any atom is 0.416 e. The third kappa shape index (κ3) is 3.08.